The van der Waals surface area contributed by atoms with E-state index in [0.717, 1.165) is 5.56 Å². The van der Waals surface area contributed by atoms with Crippen molar-refractivity contribution >= 4 is 29.2 Å². The number of halogens is 1. The number of carboxylic acids is 1. The van der Waals surface area contributed by atoms with Crippen molar-refractivity contribution in [2.45, 2.75) is 13.8 Å². The molecule has 114 valence electrons. The monoisotopic (exact) mass is 310 g/mol. The first kappa shape index (κ1) is 15.8. The lowest BCUT2D eigenvalue weighted by Crippen LogP contribution is -2.32. The summed E-state index contributed by atoms with van der Waals surface area (Å²) in [4.78, 5) is 25.0. The smallest absolute Gasteiger partial charge is 0.308 e. The van der Waals surface area contributed by atoms with Crippen LogP contribution in [-0.4, -0.2) is 41.5 Å². The lowest BCUT2D eigenvalue weighted by atomic mass is 9.99. The Morgan fingerprint density at radius 3 is 2.76 bits per heavy atom. The Morgan fingerprint density at radius 2 is 2.14 bits per heavy atom. The van der Waals surface area contributed by atoms with E-state index in [9.17, 15) is 9.59 Å². The van der Waals surface area contributed by atoms with Crippen LogP contribution in [0.5, 0.6) is 0 Å². The molecular formula is C15H19ClN2O3. The predicted octanol–water partition coefficient (Wildman–Crippen LogP) is 2.24. The maximum Gasteiger partial charge on any atom is 0.308 e. The van der Waals surface area contributed by atoms with Crippen molar-refractivity contribution in [2.24, 2.45) is 11.8 Å². The number of likely N-dealkylation sites (tertiary alicyclic amines) is 1. The number of nitrogens with one attached hydrogen (secondary N) is 1. The number of carboxylic acid groups (broad SMARTS) is 1. The summed E-state index contributed by atoms with van der Waals surface area (Å²) in [5.41, 5.74) is 1.63. The van der Waals surface area contributed by atoms with Gasteiger partial charge in [0.25, 0.3) is 0 Å². The van der Waals surface area contributed by atoms with Crippen LogP contribution in [0.1, 0.15) is 12.5 Å². The molecule has 2 rings (SSSR count). The molecule has 2 atom stereocenters. The summed E-state index contributed by atoms with van der Waals surface area (Å²) in [6.07, 6.45) is 0. The van der Waals surface area contributed by atoms with E-state index in [4.69, 9.17) is 16.7 Å². The van der Waals surface area contributed by atoms with Crippen molar-refractivity contribution in [3.63, 3.8) is 0 Å². The average molecular weight is 311 g/mol. The van der Waals surface area contributed by atoms with Gasteiger partial charge in [0, 0.05) is 23.8 Å². The summed E-state index contributed by atoms with van der Waals surface area (Å²) in [6.45, 7) is 5.03. The van der Waals surface area contributed by atoms with Crippen LogP contribution in [-0.2, 0) is 9.59 Å². The van der Waals surface area contributed by atoms with Gasteiger partial charge >= 0.3 is 5.97 Å². The number of anilines is 1. The van der Waals surface area contributed by atoms with Crippen LogP contribution in [0.15, 0.2) is 18.2 Å². The zero-order chi connectivity index (χ0) is 15.6. The van der Waals surface area contributed by atoms with Crippen molar-refractivity contribution in [3.05, 3.63) is 28.8 Å². The number of benzene rings is 1. The van der Waals surface area contributed by atoms with E-state index in [1.165, 1.54) is 0 Å². The Labute approximate surface area is 128 Å². The number of hydrogen-bond acceptors (Lipinski definition) is 3. The van der Waals surface area contributed by atoms with Crippen LogP contribution in [0.25, 0.3) is 0 Å². The molecule has 2 N–H and O–H groups in total. The number of amides is 1. The first-order chi connectivity index (χ1) is 9.86. The zero-order valence-corrected chi connectivity index (χ0v) is 12.9. The molecule has 6 heteroatoms. The second-order valence-electron chi connectivity index (χ2n) is 5.62. The SMILES string of the molecule is Cc1ccc(Cl)cc1NC(=O)CN1C[C@@H](C)[C@H](C(=O)O)C1. The van der Waals surface area contributed by atoms with Crippen LogP contribution < -0.4 is 5.32 Å². The maximum absolute atomic E-state index is 12.1. The highest BCUT2D eigenvalue weighted by Crippen LogP contribution is 2.23. The molecule has 1 amide bonds. The molecule has 1 aliphatic rings. The Kier molecular flexibility index (Phi) is 4.85. The Bertz CT molecular complexity index is 562. The largest absolute Gasteiger partial charge is 0.481 e. The number of carbonyl (C=O) groups excluding carboxylic acids is 1. The molecular weight excluding hydrogens is 292 g/mol. The summed E-state index contributed by atoms with van der Waals surface area (Å²) in [5.74, 6) is -1.29. The van der Waals surface area contributed by atoms with E-state index in [2.05, 4.69) is 5.32 Å². The maximum atomic E-state index is 12.1. The van der Waals surface area contributed by atoms with Crippen LogP contribution >= 0.6 is 11.6 Å². The highest BCUT2D eigenvalue weighted by molar-refractivity contribution is 6.31. The molecule has 0 unspecified atom stereocenters. The van der Waals surface area contributed by atoms with Gasteiger partial charge in [-0.05, 0) is 30.5 Å². The van der Waals surface area contributed by atoms with Gasteiger partial charge in [0.15, 0.2) is 0 Å². The first-order valence-corrected chi connectivity index (χ1v) is 7.25. The highest BCUT2D eigenvalue weighted by Gasteiger charge is 2.35. The molecule has 0 aliphatic carbocycles. The second kappa shape index (κ2) is 6.45. The third kappa shape index (κ3) is 3.95. The summed E-state index contributed by atoms with van der Waals surface area (Å²) in [7, 11) is 0. The van der Waals surface area contributed by atoms with Crippen LogP contribution in [0.2, 0.25) is 5.02 Å². The molecule has 5 nitrogen and oxygen atoms in total. The number of aliphatic carboxylic acids is 1. The summed E-state index contributed by atoms with van der Waals surface area (Å²) in [5, 5.41) is 12.5. The molecule has 1 heterocycles. The van der Waals surface area contributed by atoms with Gasteiger partial charge in [-0.15, -0.1) is 0 Å². The Balaban J connectivity index is 1.94. The standard InChI is InChI=1S/C15H19ClN2O3/c1-9-3-4-11(16)5-13(9)17-14(19)8-18-6-10(2)12(7-18)15(20)21/h3-5,10,12H,6-8H2,1-2H3,(H,17,19)(H,20,21)/t10-,12-/m1/s1. The average Bonchev–Trinajstić information content (AvgIpc) is 2.74. The number of nitrogens with zero attached hydrogens (tertiary/aromatic N) is 1. The van der Waals surface area contributed by atoms with E-state index in [1.54, 1.807) is 12.1 Å². The van der Waals surface area contributed by atoms with Crippen molar-refractivity contribution < 1.29 is 14.7 Å². The van der Waals surface area contributed by atoms with Crippen LogP contribution in [0.3, 0.4) is 0 Å². The van der Waals surface area contributed by atoms with Gasteiger partial charge in [0.2, 0.25) is 5.91 Å². The van der Waals surface area contributed by atoms with Gasteiger partial charge in [0.05, 0.1) is 12.5 Å². The molecule has 0 spiro atoms. The molecule has 1 aliphatic heterocycles. The van der Waals surface area contributed by atoms with Gasteiger partial charge in [-0.25, -0.2) is 0 Å². The van der Waals surface area contributed by atoms with Crippen LogP contribution in [0, 0.1) is 18.8 Å². The second-order valence-corrected chi connectivity index (χ2v) is 6.06. The van der Waals surface area contributed by atoms with E-state index in [1.807, 2.05) is 24.8 Å². The van der Waals surface area contributed by atoms with Crippen LogP contribution in [0.4, 0.5) is 5.69 Å². The van der Waals surface area contributed by atoms with Crippen molar-refractivity contribution in [1.82, 2.24) is 4.90 Å². The number of rotatable bonds is 4. The predicted molar refractivity (Wildman–Crippen MR) is 81.5 cm³/mol. The minimum absolute atomic E-state index is 0.0585. The van der Waals surface area contributed by atoms with Crippen molar-refractivity contribution in [3.8, 4) is 0 Å². The normalized spacial score (nSPS) is 22.2. The molecule has 1 aromatic rings. The summed E-state index contributed by atoms with van der Waals surface area (Å²) in [6, 6.07) is 5.32. The lowest BCUT2D eigenvalue weighted by Gasteiger charge is -2.15. The summed E-state index contributed by atoms with van der Waals surface area (Å²) >= 11 is 5.92. The first-order valence-electron chi connectivity index (χ1n) is 6.88. The molecule has 0 aromatic heterocycles. The van der Waals surface area contributed by atoms with E-state index in [-0.39, 0.29) is 18.4 Å². The molecule has 1 aromatic carbocycles. The van der Waals surface area contributed by atoms with Crippen molar-refractivity contribution in [2.75, 3.05) is 25.0 Å². The minimum atomic E-state index is -0.795. The highest BCUT2D eigenvalue weighted by atomic mass is 35.5. The van der Waals surface area contributed by atoms with Gasteiger partial charge in [-0.2, -0.15) is 0 Å². The van der Waals surface area contributed by atoms with E-state index < -0.39 is 11.9 Å². The van der Waals surface area contributed by atoms with Gasteiger partial charge in [-0.3, -0.25) is 14.5 Å². The number of carbonyl (C=O) groups is 2. The van der Waals surface area contributed by atoms with Crippen molar-refractivity contribution in [1.29, 1.82) is 0 Å². The van der Waals surface area contributed by atoms with E-state index >= 15 is 0 Å². The molecule has 1 saturated heterocycles. The number of aryl methyl sites for hydroxylation is 1. The van der Waals surface area contributed by atoms with Gasteiger partial charge < -0.3 is 10.4 Å². The summed E-state index contributed by atoms with van der Waals surface area (Å²) < 4.78 is 0. The molecule has 0 radical (unpaired) electrons. The fourth-order valence-corrected chi connectivity index (χ4v) is 2.81. The Hall–Kier alpha value is -1.59. The Morgan fingerprint density at radius 1 is 1.43 bits per heavy atom. The zero-order valence-electron chi connectivity index (χ0n) is 12.1. The fourth-order valence-electron chi connectivity index (χ4n) is 2.64. The quantitative estimate of drug-likeness (QED) is 0.895. The van der Waals surface area contributed by atoms with Gasteiger partial charge in [0.1, 0.15) is 0 Å². The number of hydrogen-bond donors (Lipinski definition) is 2. The van der Waals surface area contributed by atoms with Gasteiger partial charge in [-0.1, -0.05) is 24.6 Å². The fraction of sp³-hybridized carbons (Fsp3) is 0.467. The lowest BCUT2D eigenvalue weighted by molar-refractivity contribution is -0.142. The molecule has 1 fully saturated rings. The molecule has 0 bridgehead atoms. The topological polar surface area (TPSA) is 69.6 Å². The third-order valence-corrected chi connectivity index (χ3v) is 4.08. The van der Waals surface area contributed by atoms with E-state index in [0.29, 0.717) is 23.8 Å². The molecule has 21 heavy (non-hydrogen) atoms. The molecule has 0 saturated carbocycles. The third-order valence-electron chi connectivity index (χ3n) is 3.85. The minimum Gasteiger partial charge on any atom is -0.481 e.